The fraction of sp³-hybridized carbons (Fsp3) is 0.0625. The van der Waals surface area contributed by atoms with Crippen LogP contribution in [0.25, 0.3) is 0 Å². The summed E-state index contributed by atoms with van der Waals surface area (Å²) < 4.78 is 0. The SMILES string of the molecule is O=C(CC(=O)c1ccccc1)C(=O)Nc1ccccc1. The van der Waals surface area contributed by atoms with E-state index in [1.165, 1.54) is 0 Å². The molecule has 0 saturated carbocycles. The summed E-state index contributed by atoms with van der Waals surface area (Å²) >= 11 is 0. The molecule has 0 aliphatic rings. The van der Waals surface area contributed by atoms with Crippen molar-refractivity contribution in [1.29, 1.82) is 0 Å². The molecule has 1 amide bonds. The lowest BCUT2D eigenvalue weighted by Gasteiger charge is -2.04. The molecular weight excluding hydrogens is 254 g/mol. The molecule has 2 aromatic rings. The smallest absolute Gasteiger partial charge is 0.292 e. The van der Waals surface area contributed by atoms with Gasteiger partial charge in [0.1, 0.15) is 0 Å². The van der Waals surface area contributed by atoms with Gasteiger partial charge in [0.15, 0.2) is 5.78 Å². The Morgan fingerprint density at radius 2 is 1.35 bits per heavy atom. The van der Waals surface area contributed by atoms with Gasteiger partial charge in [-0.2, -0.15) is 0 Å². The van der Waals surface area contributed by atoms with E-state index in [-0.39, 0.29) is 5.78 Å². The molecule has 0 atom stereocenters. The second-order valence-corrected chi connectivity index (χ2v) is 4.21. The number of carbonyl (C=O) groups excluding carboxylic acids is 3. The molecule has 0 heterocycles. The van der Waals surface area contributed by atoms with E-state index < -0.39 is 18.1 Å². The minimum Gasteiger partial charge on any atom is -0.319 e. The van der Waals surface area contributed by atoms with E-state index in [0.29, 0.717) is 11.3 Å². The molecule has 0 aliphatic heterocycles. The van der Waals surface area contributed by atoms with Crippen LogP contribution in [0.4, 0.5) is 5.69 Å². The van der Waals surface area contributed by atoms with Crippen LogP contribution in [0, 0.1) is 0 Å². The molecule has 0 saturated heterocycles. The van der Waals surface area contributed by atoms with Crippen LogP contribution in [0.3, 0.4) is 0 Å². The van der Waals surface area contributed by atoms with Crippen LogP contribution in [-0.2, 0) is 9.59 Å². The molecule has 100 valence electrons. The first-order valence-electron chi connectivity index (χ1n) is 6.14. The predicted molar refractivity (Wildman–Crippen MR) is 75.5 cm³/mol. The second-order valence-electron chi connectivity index (χ2n) is 4.21. The summed E-state index contributed by atoms with van der Waals surface area (Å²) in [6, 6.07) is 17.1. The number of para-hydroxylation sites is 1. The van der Waals surface area contributed by atoms with Gasteiger partial charge < -0.3 is 5.32 Å². The lowest BCUT2D eigenvalue weighted by molar-refractivity contribution is -0.134. The molecule has 0 aliphatic carbocycles. The minimum absolute atomic E-state index is 0.362. The Bertz CT molecular complexity index is 621. The Kier molecular flexibility index (Phi) is 4.39. The average Bonchev–Trinajstić information content (AvgIpc) is 2.49. The van der Waals surface area contributed by atoms with Gasteiger partial charge in [0.05, 0.1) is 6.42 Å². The summed E-state index contributed by atoms with van der Waals surface area (Å²) in [4.78, 5) is 35.2. The first-order valence-corrected chi connectivity index (χ1v) is 6.14. The third kappa shape index (κ3) is 3.62. The van der Waals surface area contributed by atoms with Crippen molar-refractivity contribution < 1.29 is 14.4 Å². The highest BCUT2D eigenvalue weighted by molar-refractivity contribution is 6.44. The Morgan fingerprint density at radius 3 is 1.95 bits per heavy atom. The molecule has 0 bridgehead atoms. The van der Waals surface area contributed by atoms with Gasteiger partial charge in [0, 0.05) is 11.3 Å². The van der Waals surface area contributed by atoms with Gasteiger partial charge in [-0.3, -0.25) is 14.4 Å². The Morgan fingerprint density at radius 1 is 0.800 bits per heavy atom. The third-order valence-corrected chi connectivity index (χ3v) is 2.70. The zero-order valence-electron chi connectivity index (χ0n) is 10.7. The molecule has 0 unspecified atom stereocenters. The van der Waals surface area contributed by atoms with Gasteiger partial charge in [-0.15, -0.1) is 0 Å². The van der Waals surface area contributed by atoms with E-state index in [1.54, 1.807) is 60.7 Å². The molecule has 0 fully saturated rings. The standard InChI is InChI=1S/C16H13NO3/c18-14(12-7-3-1-4-8-12)11-15(19)16(20)17-13-9-5-2-6-10-13/h1-10H,11H2,(H,17,20). The molecule has 1 N–H and O–H groups in total. The number of amides is 1. The Balaban J connectivity index is 1.95. The highest BCUT2D eigenvalue weighted by atomic mass is 16.2. The number of ketones is 2. The van der Waals surface area contributed by atoms with Crippen molar-refractivity contribution >= 4 is 23.2 Å². The highest BCUT2D eigenvalue weighted by Gasteiger charge is 2.18. The van der Waals surface area contributed by atoms with Gasteiger partial charge in [-0.25, -0.2) is 0 Å². The molecular formula is C16H13NO3. The second kappa shape index (κ2) is 6.43. The van der Waals surface area contributed by atoms with Crippen LogP contribution in [-0.4, -0.2) is 17.5 Å². The maximum absolute atomic E-state index is 11.8. The quantitative estimate of drug-likeness (QED) is 0.514. The average molecular weight is 267 g/mol. The fourth-order valence-corrected chi connectivity index (χ4v) is 1.67. The van der Waals surface area contributed by atoms with Crippen LogP contribution in [0.2, 0.25) is 0 Å². The summed E-state index contributed by atoms with van der Waals surface area (Å²) in [6.07, 6.45) is -0.428. The van der Waals surface area contributed by atoms with Crippen molar-refractivity contribution in [3.8, 4) is 0 Å². The fourth-order valence-electron chi connectivity index (χ4n) is 1.67. The van der Waals surface area contributed by atoms with Gasteiger partial charge >= 0.3 is 0 Å². The van der Waals surface area contributed by atoms with Crippen LogP contribution < -0.4 is 5.32 Å². The van der Waals surface area contributed by atoms with E-state index in [0.717, 1.165) is 0 Å². The highest BCUT2D eigenvalue weighted by Crippen LogP contribution is 2.07. The normalized spacial score (nSPS) is 9.80. The zero-order chi connectivity index (χ0) is 14.4. The minimum atomic E-state index is -0.777. The van der Waals surface area contributed by atoms with Crippen molar-refractivity contribution in [2.45, 2.75) is 6.42 Å². The van der Waals surface area contributed by atoms with Crippen LogP contribution >= 0.6 is 0 Å². The lowest BCUT2D eigenvalue weighted by atomic mass is 10.1. The van der Waals surface area contributed by atoms with Crippen molar-refractivity contribution in [2.75, 3.05) is 5.32 Å². The van der Waals surface area contributed by atoms with Crippen molar-refractivity contribution in [3.63, 3.8) is 0 Å². The van der Waals surface area contributed by atoms with Crippen molar-refractivity contribution in [3.05, 3.63) is 66.2 Å². The molecule has 2 rings (SSSR count). The number of nitrogens with one attached hydrogen (secondary N) is 1. The number of benzene rings is 2. The lowest BCUT2D eigenvalue weighted by Crippen LogP contribution is -2.25. The molecule has 20 heavy (non-hydrogen) atoms. The largest absolute Gasteiger partial charge is 0.319 e. The van der Waals surface area contributed by atoms with Crippen LogP contribution in [0.1, 0.15) is 16.8 Å². The van der Waals surface area contributed by atoms with Crippen molar-refractivity contribution in [1.82, 2.24) is 0 Å². The maximum atomic E-state index is 11.8. The van der Waals surface area contributed by atoms with E-state index in [2.05, 4.69) is 5.32 Å². The summed E-state index contributed by atoms with van der Waals surface area (Å²) in [5.41, 5.74) is 0.950. The van der Waals surface area contributed by atoms with Gasteiger partial charge in [-0.1, -0.05) is 48.5 Å². The van der Waals surface area contributed by atoms with E-state index in [1.807, 2.05) is 0 Å². The molecule has 0 spiro atoms. The summed E-state index contributed by atoms with van der Waals surface area (Å²) in [6.45, 7) is 0. The number of rotatable bonds is 5. The maximum Gasteiger partial charge on any atom is 0.292 e. The predicted octanol–water partition coefficient (Wildman–Crippen LogP) is 2.47. The van der Waals surface area contributed by atoms with Crippen LogP contribution in [0.15, 0.2) is 60.7 Å². The monoisotopic (exact) mass is 267 g/mol. The molecule has 0 aromatic heterocycles. The Hall–Kier alpha value is -2.75. The molecule has 2 aromatic carbocycles. The number of carbonyl (C=O) groups is 3. The summed E-state index contributed by atoms with van der Waals surface area (Å²) in [7, 11) is 0. The Labute approximate surface area is 116 Å². The van der Waals surface area contributed by atoms with Gasteiger partial charge in [0.25, 0.3) is 5.91 Å². The van der Waals surface area contributed by atoms with E-state index >= 15 is 0 Å². The topological polar surface area (TPSA) is 63.2 Å². The van der Waals surface area contributed by atoms with Gasteiger partial charge in [-0.05, 0) is 12.1 Å². The molecule has 4 heteroatoms. The number of hydrogen-bond donors (Lipinski definition) is 1. The van der Waals surface area contributed by atoms with Crippen LogP contribution in [0.5, 0.6) is 0 Å². The van der Waals surface area contributed by atoms with E-state index in [9.17, 15) is 14.4 Å². The zero-order valence-corrected chi connectivity index (χ0v) is 10.7. The van der Waals surface area contributed by atoms with E-state index in [4.69, 9.17) is 0 Å². The number of hydrogen-bond acceptors (Lipinski definition) is 3. The summed E-state index contributed by atoms with van der Waals surface area (Å²) in [5.74, 6) is -1.89. The summed E-state index contributed by atoms with van der Waals surface area (Å²) in [5, 5.41) is 2.46. The van der Waals surface area contributed by atoms with Crippen molar-refractivity contribution in [2.24, 2.45) is 0 Å². The molecule has 0 radical (unpaired) electrons. The molecule has 4 nitrogen and oxygen atoms in total. The number of anilines is 1. The van der Waals surface area contributed by atoms with Gasteiger partial charge in [0.2, 0.25) is 5.78 Å². The first-order chi connectivity index (χ1) is 9.66. The number of Topliss-reactive ketones (excluding diaryl/α,β-unsaturated/α-hetero) is 2. The third-order valence-electron chi connectivity index (χ3n) is 2.70. The first kappa shape index (κ1) is 13.7.